The van der Waals surface area contributed by atoms with E-state index in [1.807, 2.05) is 19.2 Å². The summed E-state index contributed by atoms with van der Waals surface area (Å²) in [6, 6.07) is 1.75. The first-order valence-electron chi connectivity index (χ1n) is 4.23. The highest BCUT2D eigenvalue weighted by Gasteiger charge is 2.16. The zero-order valence-electron chi connectivity index (χ0n) is 7.71. The molecule has 1 aromatic rings. The summed E-state index contributed by atoms with van der Waals surface area (Å²) in [5.74, 6) is 0.0324. The number of carbonyl (C=O) groups is 1. The SMILES string of the molecule is CCN(CC)C(=O)c1sccc1Cl. The number of carbonyl (C=O) groups excluding carboxylic acids is 1. The Hall–Kier alpha value is -0.540. The van der Waals surface area contributed by atoms with Crippen molar-refractivity contribution in [1.82, 2.24) is 4.90 Å². The molecule has 1 rings (SSSR count). The quantitative estimate of drug-likeness (QED) is 0.763. The van der Waals surface area contributed by atoms with E-state index in [1.165, 1.54) is 11.3 Å². The first-order chi connectivity index (χ1) is 6.20. The molecule has 0 aliphatic heterocycles. The molecule has 0 spiro atoms. The standard InChI is InChI=1S/C9H12ClNOS/c1-3-11(4-2)9(12)8-7(10)5-6-13-8/h5-6H,3-4H2,1-2H3. The fraction of sp³-hybridized carbons (Fsp3) is 0.444. The number of thiophene rings is 1. The van der Waals surface area contributed by atoms with E-state index in [1.54, 1.807) is 11.0 Å². The Kier molecular flexibility index (Phi) is 3.75. The van der Waals surface area contributed by atoms with Crippen molar-refractivity contribution in [3.63, 3.8) is 0 Å². The molecule has 0 bridgehead atoms. The molecule has 72 valence electrons. The Morgan fingerprint density at radius 1 is 1.54 bits per heavy atom. The summed E-state index contributed by atoms with van der Waals surface area (Å²) in [6.07, 6.45) is 0. The molecule has 0 unspecified atom stereocenters. The Balaban J connectivity index is 2.84. The minimum absolute atomic E-state index is 0.0324. The van der Waals surface area contributed by atoms with Crippen molar-refractivity contribution in [3.8, 4) is 0 Å². The van der Waals surface area contributed by atoms with Crippen LogP contribution in [0.15, 0.2) is 11.4 Å². The van der Waals surface area contributed by atoms with Gasteiger partial charge in [0.15, 0.2) is 0 Å². The first-order valence-corrected chi connectivity index (χ1v) is 5.48. The summed E-state index contributed by atoms with van der Waals surface area (Å²) in [5, 5.41) is 2.39. The Morgan fingerprint density at radius 3 is 2.54 bits per heavy atom. The molecule has 0 N–H and O–H groups in total. The lowest BCUT2D eigenvalue weighted by Gasteiger charge is -2.17. The number of rotatable bonds is 3. The second kappa shape index (κ2) is 4.63. The Bertz CT molecular complexity index is 294. The van der Waals surface area contributed by atoms with Crippen LogP contribution < -0.4 is 0 Å². The second-order valence-corrected chi connectivity index (χ2v) is 3.90. The summed E-state index contributed by atoms with van der Waals surface area (Å²) in [5.41, 5.74) is 0. The van der Waals surface area contributed by atoms with Crippen molar-refractivity contribution < 1.29 is 4.79 Å². The van der Waals surface area contributed by atoms with Crippen LogP contribution in [0, 0.1) is 0 Å². The van der Waals surface area contributed by atoms with Gasteiger partial charge in [-0.1, -0.05) is 11.6 Å². The molecule has 0 radical (unpaired) electrons. The molecule has 0 saturated heterocycles. The smallest absolute Gasteiger partial charge is 0.265 e. The van der Waals surface area contributed by atoms with E-state index in [-0.39, 0.29) is 5.91 Å². The second-order valence-electron chi connectivity index (χ2n) is 2.58. The van der Waals surface area contributed by atoms with Crippen molar-refractivity contribution >= 4 is 28.8 Å². The fourth-order valence-electron chi connectivity index (χ4n) is 1.10. The van der Waals surface area contributed by atoms with E-state index in [4.69, 9.17) is 11.6 Å². The molecule has 1 amide bonds. The molecule has 0 atom stereocenters. The summed E-state index contributed by atoms with van der Waals surface area (Å²) in [4.78, 5) is 14.1. The van der Waals surface area contributed by atoms with E-state index in [2.05, 4.69) is 0 Å². The van der Waals surface area contributed by atoms with Crippen molar-refractivity contribution in [3.05, 3.63) is 21.3 Å². The third kappa shape index (κ3) is 2.23. The number of hydrogen-bond acceptors (Lipinski definition) is 2. The van der Waals surface area contributed by atoms with Crippen LogP contribution in [-0.4, -0.2) is 23.9 Å². The van der Waals surface area contributed by atoms with Crippen molar-refractivity contribution in [2.75, 3.05) is 13.1 Å². The zero-order chi connectivity index (χ0) is 9.84. The lowest BCUT2D eigenvalue weighted by Crippen LogP contribution is -2.29. The van der Waals surface area contributed by atoms with E-state index >= 15 is 0 Å². The van der Waals surface area contributed by atoms with Gasteiger partial charge >= 0.3 is 0 Å². The largest absolute Gasteiger partial charge is 0.338 e. The molecule has 0 fully saturated rings. The number of amides is 1. The molecule has 1 heterocycles. The molecule has 0 aliphatic carbocycles. The highest BCUT2D eigenvalue weighted by atomic mass is 35.5. The van der Waals surface area contributed by atoms with Gasteiger partial charge in [-0.2, -0.15) is 0 Å². The van der Waals surface area contributed by atoms with Crippen LogP contribution in [0.2, 0.25) is 5.02 Å². The van der Waals surface area contributed by atoms with E-state index in [9.17, 15) is 4.79 Å². The maximum atomic E-state index is 11.7. The number of halogens is 1. The third-order valence-electron chi connectivity index (χ3n) is 1.86. The summed E-state index contributed by atoms with van der Waals surface area (Å²) >= 11 is 7.25. The van der Waals surface area contributed by atoms with Gasteiger partial charge in [0.05, 0.1) is 5.02 Å². The molecule has 4 heteroatoms. The van der Waals surface area contributed by atoms with Crippen LogP contribution in [0.4, 0.5) is 0 Å². The Labute approximate surface area is 87.1 Å². The van der Waals surface area contributed by atoms with Crippen molar-refractivity contribution in [2.45, 2.75) is 13.8 Å². The molecule has 0 aliphatic rings. The van der Waals surface area contributed by atoms with Gasteiger partial charge in [-0.3, -0.25) is 4.79 Å². The van der Waals surface area contributed by atoms with Crippen LogP contribution in [0.3, 0.4) is 0 Å². The molecule has 13 heavy (non-hydrogen) atoms. The van der Waals surface area contributed by atoms with Gasteiger partial charge in [0.25, 0.3) is 5.91 Å². The highest BCUT2D eigenvalue weighted by Crippen LogP contribution is 2.23. The van der Waals surface area contributed by atoms with Crippen LogP contribution in [-0.2, 0) is 0 Å². The van der Waals surface area contributed by atoms with Crippen LogP contribution >= 0.6 is 22.9 Å². The van der Waals surface area contributed by atoms with Gasteiger partial charge in [0.2, 0.25) is 0 Å². The predicted octanol–water partition coefficient (Wildman–Crippen LogP) is 2.88. The summed E-state index contributed by atoms with van der Waals surface area (Å²) in [6.45, 7) is 5.37. The molecule has 0 aromatic carbocycles. The van der Waals surface area contributed by atoms with Gasteiger partial charge in [-0.15, -0.1) is 11.3 Å². The normalized spacial score (nSPS) is 10.1. The summed E-state index contributed by atoms with van der Waals surface area (Å²) < 4.78 is 0. The molecule has 0 saturated carbocycles. The van der Waals surface area contributed by atoms with Gasteiger partial charge in [-0.25, -0.2) is 0 Å². The highest BCUT2D eigenvalue weighted by molar-refractivity contribution is 7.12. The average Bonchev–Trinajstić information content (AvgIpc) is 2.53. The van der Waals surface area contributed by atoms with Gasteiger partial charge in [0.1, 0.15) is 4.88 Å². The van der Waals surface area contributed by atoms with Crippen LogP contribution in [0.1, 0.15) is 23.5 Å². The van der Waals surface area contributed by atoms with E-state index in [0.717, 1.165) is 13.1 Å². The van der Waals surface area contributed by atoms with Gasteiger partial charge in [0, 0.05) is 13.1 Å². The average molecular weight is 218 g/mol. The van der Waals surface area contributed by atoms with Crippen molar-refractivity contribution in [2.24, 2.45) is 0 Å². The monoisotopic (exact) mass is 217 g/mol. The number of nitrogens with zero attached hydrogens (tertiary/aromatic N) is 1. The van der Waals surface area contributed by atoms with Crippen LogP contribution in [0.5, 0.6) is 0 Å². The number of hydrogen-bond donors (Lipinski definition) is 0. The first kappa shape index (κ1) is 10.5. The maximum absolute atomic E-state index is 11.7. The Morgan fingerprint density at radius 2 is 2.15 bits per heavy atom. The zero-order valence-corrected chi connectivity index (χ0v) is 9.28. The third-order valence-corrected chi connectivity index (χ3v) is 3.19. The van der Waals surface area contributed by atoms with Gasteiger partial charge in [-0.05, 0) is 25.3 Å². The summed E-state index contributed by atoms with van der Waals surface area (Å²) in [7, 11) is 0. The lowest BCUT2D eigenvalue weighted by atomic mass is 10.4. The maximum Gasteiger partial charge on any atom is 0.265 e. The molecular formula is C9H12ClNOS. The fourth-order valence-corrected chi connectivity index (χ4v) is 2.20. The topological polar surface area (TPSA) is 20.3 Å². The molecular weight excluding hydrogens is 206 g/mol. The molecule has 1 aromatic heterocycles. The van der Waals surface area contributed by atoms with E-state index in [0.29, 0.717) is 9.90 Å². The minimum atomic E-state index is 0.0324. The van der Waals surface area contributed by atoms with Gasteiger partial charge < -0.3 is 4.90 Å². The predicted molar refractivity (Wildman–Crippen MR) is 56.6 cm³/mol. The lowest BCUT2D eigenvalue weighted by molar-refractivity contribution is 0.0778. The van der Waals surface area contributed by atoms with Crippen molar-refractivity contribution in [1.29, 1.82) is 0 Å². The minimum Gasteiger partial charge on any atom is -0.338 e. The van der Waals surface area contributed by atoms with Crippen LogP contribution in [0.25, 0.3) is 0 Å². The molecule has 2 nitrogen and oxygen atoms in total. The van der Waals surface area contributed by atoms with E-state index < -0.39 is 0 Å².